The summed E-state index contributed by atoms with van der Waals surface area (Å²) in [4.78, 5) is 0. The zero-order valence-corrected chi connectivity index (χ0v) is 18.2. The van der Waals surface area contributed by atoms with Gasteiger partial charge in [0, 0.05) is 20.8 Å². The van der Waals surface area contributed by atoms with Crippen molar-refractivity contribution < 1.29 is 14.2 Å². The van der Waals surface area contributed by atoms with Gasteiger partial charge in [-0.3, -0.25) is 0 Å². The van der Waals surface area contributed by atoms with Crippen molar-refractivity contribution in [1.82, 2.24) is 0 Å². The molecule has 0 N–H and O–H groups in total. The zero-order chi connectivity index (χ0) is 19.1. The highest BCUT2D eigenvalue weighted by molar-refractivity contribution is 4.54. The first kappa shape index (κ1) is 25.9. The fourth-order valence-corrected chi connectivity index (χ4v) is 3.34. The van der Waals surface area contributed by atoms with Crippen LogP contribution in [0.4, 0.5) is 0 Å². The zero-order valence-electron chi connectivity index (χ0n) is 18.2. The predicted octanol–water partition coefficient (Wildman–Crippen LogP) is 6.93. The Hall–Kier alpha value is -0.120. The van der Waals surface area contributed by atoms with E-state index < -0.39 is 0 Å². The molecule has 1 atom stereocenters. The van der Waals surface area contributed by atoms with Gasteiger partial charge in [0.25, 0.3) is 0 Å². The molecule has 3 nitrogen and oxygen atoms in total. The molecule has 0 amide bonds. The lowest BCUT2D eigenvalue weighted by atomic mass is 10.0. The number of hydrogen-bond acceptors (Lipinski definition) is 3. The molecule has 0 aromatic rings. The van der Waals surface area contributed by atoms with Gasteiger partial charge in [-0.2, -0.15) is 0 Å². The Bertz CT molecular complexity index is 246. The minimum Gasteiger partial charge on any atom is -0.382 e. The number of hydrogen-bond donors (Lipinski definition) is 0. The average molecular weight is 373 g/mol. The van der Waals surface area contributed by atoms with E-state index in [9.17, 15) is 0 Å². The molecule has 0 radical (unpaired) electrons. The molecule has 0 aliphatic rings. The third kappa shape index (κ3) is 20.2. The Morgan fingerprint density at radius 2 is 0.962 bits per heavy atom. The second kappa shape index (κ2) is 22.9. The Kier molecular flexibility index (Phi) is 22.8. The molecule has 3 heteroatoms. The fourth-order valence-electron chi connectivity index (χ4n) is 3.34. The van der Waals surface area contributed by atoms with E-state index in [1.165, 1.54) is 103 Å². The first-order valence-electron chi connectivity index (χ1n) is 11.4. The van der Waals surface area contributed by atoms with Gasteiger partial charge in [-0.05, 0) is 6.42 Å². The smallest absolute Gasteiger partial charge is 0.104 e. The van der Waals surface area contributed by atoms with Gasteiger partial charge in [0.1, 0.15) is 6.10 Å². The highest BCUT2D eigenvalue weighted by atomic mass is 16.5. The molecule has 0 saturated heterocycles. The van der Waals surface area contributed by atoms with Crippen molar-refractivity contribution in [1.29, 1.82) is 0 Å². The van der Waals surface area contributed by atoms with E-state index in [1.807, 2.05) is 0 Å². The summed E-state index contributed by atoms with van der Waals surface area (Å²) in [7, 11) is 3.41. The van der Waals surface area contributed by atoms with Crippen molar-refractivity contribution >= 4 is 0 Å². The second-order valence-corrected chi connectivity index (χ2v) is 7.69. The van der Waals surface area contributed by atoms with Gasteiger partial charge < -0.3 is 14.2 Å². The molecule has 0 bridgehead atoms. The van der Waals surface area contributed by atoms with Crippen molar-refractivity contribution in [3.63, 3.8) is 0 Å². The first-order valence-corrected chi connectivity index (χ1v) is 11.4. The average Bonchev–Trinajstić information content (AvgIpc) is 2.66. The maximum atomic E-state index is 5.65. The fraction of sp³-hybridized carbons (Fsp3) is 1.00. The van der Waals surface area contributed by atoms with Gasteiger partial charge in [-0.25, -0.2) is 0 Å². The summed E-state index contributed by atoms with van der Waals surface area (Å²) in [5.41, 5.74) is 0. The second-order valence-electron chi connectivity index (χ2n) is 7.69. The van der Waals surface area contributed by atoms with Crippen molar-refractivity contribution in [3.05, 3.63) is 0 Å². The van der Waals surface area contributed by atoms with Crippen LogP contribution in [-0.4, -0.2) is 40.1 Å². The molecule has 0 aliphatic heterocycles. The van der Waals surface area contributed by atoms with Gasteiger partial charge in [0.15, 0.2) is 0 Å². The summed E-state index contributed by atoms with van der Waals surface area (Å²) in [6, 6.07) is 0. The number of methoxy groups -OCH3 is 2. The molecule has 0 spiro atoms. The molecule has 0 rings (SSSR count). The summed E-state index contributed by atoms with van der Waals surface area (Å²) < 4.78 is 16.0. The number of rotatable bonds is 22. The van der Waals surface area contributed by atoms with Gasteiger partial charge in [-0.1, -0.05) is 103 Å². The van der Waals surface area contributed by atoms with E-state index >= 15 is 0 Å². The summed E-state index contributed by atoms with van der Waals surface area (Å²) in [6.45, 7) is 4.39. The third-order valence-electron chi connectivity index (χ3n) is 5.13. The van der Waals surface area contributed by atoms with Crippen LogP contribution >= 0.6 is 0 Å². The van der Waals surface area contributed by atoms with Crippen molar-refractivity contribution in [2.75, 3.05) is 34.0 Å². The number of ether oxygens (including phenoxy) is 3. The Morgan fingerprint density at radius 1 is 0.538 bits per heavy atom. The molecule has 0 aromatic carbocycles. The molecule has 0 aromatic heterocycles. The molecular formula is C23H48O3. The summed E-state index contributed by atoms with van der Waals surface area (Å²) >= 11 is 0. The lowest BCUT2D eigenvalue weighted by Crippen LogP contribution is -2.23. The van der Waals surface area contributed by atoms with Crippen LogP contribution in [0.2, 0.25) is 0 Å². The van der Waals surface area contributed by atoms with E-state index in [0.717, 1.165) is 6.61 Å². The molecule has 0 saturated carbocycles. The maximum absolute atomic E-state index is 5.65. The predicted molar refractivity (Wildman–Crippen MR) is 113 cm³/mol. The monoisotopic (exact) mass is 372 g/mol. The maximum Gasteiger partial charge on any atom is 0.104 e. The lowest BCUT2D eigenvalue weighted by Gasteiger charge is -2.14. The van der Waals surface area contributed by atoms with Gasteiger partial charge in [0.2, 0.25) is 0 Å². The first-order chi connectivity index (χ1) is 12.8. The van der Waals surface area contributed by atoms with Crippen LogP contribution in [0.1, 0.15) is 110 Å². The van der Waals surface area contributed by atoms with Gasteiger partial charge in [-0.15, -0.1) is 0 Å². The SMILES string of the molecule is CCCCCCCCCCCCCCCCCCOCC(COC)OC. The van der Waals surface area contributed by atoms with Crippen LogP contribution in [0.5, 0.6) is 0 Å². The van der Waals surface area contributed by atoms with Crippen molar-refractivity contribution in [2.45, 2.75) is 116 Å². The standard InChI is InChI=1S/C23H48O3/c1-4-5-6-7-8-9-10-11-12-13-14-15-16-17-18-19-20-26-22-23(25-3)21-24-2/h23H,4-22H2,1-3H3. The van der Waals surface area contributed by atoms with Crippen LogP contribution < -0.4 is 0 Å². The van der Waals surface area contributed by atoms with Crippen LogP contribution in [-0.2, 0) is 14.2 Å². The van der Waals surface area contributed by atoms with Crippen molar-refractivity contribution in [2.24, 2.45) is 0 Å². The number of unbranched alkanes of at least 4 members (excludes halogenated alkanes) is 15. The van der Waals surface area contributed by atoms with E-state index in [1.54, 1.807) is 14.2 Å². The lowest BCUT2D eigenvalue weighted by molar-refractivity contribution is -0.0308. The van der Waals surface area contributed by atoms with Crippen LogP contribution in [0.25, 0.3) is 0 Å². The summed E-state index contributed by atoms with van der Waals surface area (Å²) in [6.07, 6.45) is 22.5. The Labute approximate surface area is 164 Å². The Morgan fingerprint density at radius 3 is 1.35 bits per heavy atom. The van der Waals surface area contributed by atoms with E-state index in [4.69, 9.17) is 14.2 Å². The third-order valence-corrected chi connectivity index (χ3v) is 5.13. The van der Waals surface area contributed by atoms with Crippen molar-refractivity contribution in [3.8, 4) is 0 Å². The molecule has 1 unspecified atom stereocenters. The van der Waals surface area contributed by atoms with Crippen LogP contribution in [0.3, 0.4) is 0 Å². The molecule has 0 heterocycles. The van der Waals surface area contributed by atoms with Gasteiger partial charge in [0.05, 0.1) is 13.2 Å². The van der Waals surface area contributed by atoms with E-state index in [0.29, 0.717) is 13.2 Å². The minimum absolute atomic E-state index is 0.0704. The minimum atomic E-state index is 0.0704. The highest BCUT2D eigenvalue weighted by Crippen LogP contribution is 2.13. The highest BCUT2D eigenvalue weighted by Gasteiger charge is 2.06. The quantitative estimate of drug-likeness (QED) is 0.193. The topological polar surface area (TPSA) is 27.7 Å². The van der Waals surface area contributed by atoms with Crippen LogP contribution in [0.15, 0.2) is 0 Å². The van der Waals surface area contributed by atoms with E-state index in [-0.39, 0.29) is 6.10 Å². The molecule has 158 valence electrons. The molecular weight excluding hydrogens is 324 g/mol. The summed E-state index contributed by atoms with van der Waals surface area (Å²) in [5.74, 6) is 0. The molecule has 26 heavy (non-hydrogen) atoms. The van der Waals surface area contributed by atoms with Crippen LogP contribution in [0, 0.1) is 0 Å². The molecule has 0 aliphatic carbocycles. The molecule has 0 fully saturated rings. The van der Waals surface area contributed by atoms with Gasteiger partial charge >= 0.3 is 0 Å². The summed E-state index contributed by atoms with van der Waals surface area (Å²) in [5, 5.41) is 0. The normalized spacial score (nSPS) is 12.6. The van der Waals surface area contributed by atoms with E-state index in [2.05, 4.69) is 6.92 Å². The Balaban J connectivity index is 3.07. The largest absolute Gasteiger partial charge is 0.382 e.